The van der Waals surface area contributed by atoms with E-state index in [0.717, 1.165) is 17.3 Å². The highest BCUT2D eigenvalue weighted by atomic mass is 32.3. The number of hydrogen-bond donors (Lipinski definition) is 1. The molecule has 0 aliphatic carbocycles. The molecule has 0 radical (unpaired) electrons. The van der Waals surface area contributed by atoms with Crippen LogP contribution in [0, 0.1) is 17.8 Å². The van der Waals surface area contributed by atoms with Crippen molar-refractivity contribution in [3.8, 4) is 0 Å². The van der Waals surface area contributed by atoms with Crippen LogP contribution in [0.4, 0.5) is 0 Å². The molecule has 0 bridgehead atoms. The van der Waals surface area contributed by atoms with E-state index < -0.39 is 10.3 Å². The van der Waals surface area contributed by atoms with Gasteiger partial charge in [0.15, 0.2) is 0 Å². The normalized spacial score (nSPS) is 14.3. The maximum absolute atomic E-state index is 9.26. The average Bonchev–Trinajstić information content (AvgIpc) is 1.99. The zero-order valence-electron chi connectivity index (χ0n) is 11.1. The van der Waals surface area contributed by atoms with Crippen molar-refractivity contribution < 1.29 is 9.59 Å². The first-order valence-electron chi connectivity index (χ1n) is 5.90. The minimum absolute atomic E-state index is 0.588. The summed E-state index contributed by atoms with van der Waals surface area (Å²) in [5.41, 5.74) is 0. The van der Waals surface area contributed by atoms with Gasteiger partial charge in [-0.15, -0.1) is 10.3 Å². The van der Waals surface area contributed by atoms with Crippen LogP contribution in [0.15, 0.2) is 0 Å². The molecular weight excluding hydrogens is 208 g/mol. The van der Waals surface area contributed by atoms with Gasteiger partial charge in [-0.25, -0.2) is 5.26 Å². The van der Waals surface area contributed by atoms with Gasteiger partial charge in [-0.05, 0) is 17.8 Å². The zero-order valence-corrected chi connectivity index (χ0v) is 11.9. The van der Waals surface area contributed by atoms with E-state index in [2.05, 4.69) is 41.5 Å². The van der Waals surface area contributed by atoms with E-state index in [1.807, 2.05) is 0 Å². The molecule has 0 atom stereocenters. The third-order valence-electron chi connectivity index (χ3n) is 2.07. The fraction of sp³-hybridized carbons (Fsp3) is 1.00. The lowest BCUT2D eigenvalue weighted by molar-refractivity contribution is -0.125. The standard InChI is InChI=1S/C12H28O2S/c1-10(2)7-15(14-13,8-11(3)4)9-12(5)6/h10-13H,7-9H2,1-6H3. The second-order valence-electron chi connectivity index (χ2n) is 5.72. The Labute approximate surface area is 96.9 Å². The quantitative estimate of drug-likeness (QED) is 0.531. The molecule has 0 saturated carbocycles. The van der Waals surface area contributed by atoms with Crippen LogP contribution in [0.3, 0.4) is 0 Å². The van der Waals surface area contributed by atoms with Crippen LogP contribution in [0.1, 0.15) is 41.5 Å². The van der Waals surface area contributed by atoms with E-state index >= 15 is 0 Å². The van der Waals surface area contributed by atoms with Crippen molar-refractivity contribution in [1.82, 2.24) is 0 Å². The lowest BCUT2D eigenvalue weighted by Crippen LogP contribution is -2.23. The maximum atomic E-state index is 9.26. The van der Waals surface area contributed by atoms with Gasteiger partial charge in [0.05, 0.1) is 0 Å². The molecule has 3 heteroatoms. The molecule has 0 aliphatic rings. The van der Waals surface area contributed by atoms with Gasteiger partial charge in [-0.1, -0.05) is 41.5 Å². The Balaban J connectivity index is 4.59. The minimum atomic E-state index is -1.28. The summed E-state index contributed by atoms with van der Waals surface area (Å²) in [7, 11) is -1.28. The summed E-state index contributed by atoms with van der Waals surface area (Å²) in [6.45, 7) is 13.2. The first-order chi connectivity index (χ1) is 6.81. The SMILES string of the molecule is CC(C)CS(CC(C)C)(CC(C)C)OO. The highest BCUT2D eigenvalue weighted by molar-refractivity contribution is 8.29. The molecule has 2 nitrogen and oxygen atoms in total. The minimum Gasteiger partial charge on any atom is -0.241 e. The lowest BCUT2D eigenvalue weighted by Gasteiger charge is -2.40. The van der Waals surface area contributed by atoms with Crippen LogP contribution < -0.4 is 0 Å². The molecule has 0 aliphatic heterocycles. The lowest BCUT2D eigenvalue weighted by atomic mass is 10.3. The Kier molecular flexibility index (Phi) is 6.89. The summed E-state index contributed by atoms with van der Waals surface area (Å²) >= 11 is 0. The van der Waals surface area contributed by atoms with Crippen molar-refractivity contribution in [2.75, 3.05) is 17.3 Å². The molecule has 0 fully saturated rings. The molecule has 0 spiro atoms. The van der Waals surface area contributed by atoms with Crippen LogP contribution in [0.5, 0.6) is 0 Å². The summed E-state index contributed by atoms with van der Waals surface area (Å²) < 4.78 is 4.95. The number of hydrogen-bond acceptors (Lipinski definition) is 2. The van der Waals surface area contributed by atoms with Crippen molar-refractivity contribution in [1.29, 1.82) is 0 Å². The van der Waals surface area contributed by atoms with E-state index in [9.17, 15) is 5.26 Å². The first kappa shape index (κ1) is 15.3. The van der Waals surface area contributed by atoms with Crippen LogP contribution in [0.25, 0.3) is 0 Å². The third kappa shape index (κ3) is 6.44. The molecule has 0 rings (SSSR count). The first-order valence-corrected chi connectivity index (χ1v) is 7.97. The fourth-order valence-electron chi connectivity index (χ4n) is 2.12. The topological polar surface area (TPSA) is 29.5 Å². The van der Waals surface area contributed by atoms with Crippen molar-refractivity contribution >= 4 is 10.3 Å². The Bertz CT molecular complexity index is 140. The van der Waals surface area contributed by atoms with E-state index in [1.165, 1.54) is 0 Å². The summed E-state index contributed by atoms with van der Waals surface area (Å²) in [6, 6.07) is 0. The van der Waals surface area contributed by atoms with E-state index in [1.54, 1.807) is 0 Å². The summed E-state index contributed by atoms with van der Waals surface area (Å²) in [6.07, 6.45) is 0. The highest BCUT2D eigenvalue weighted by Gasteiger charge is 2.28. The van der Waals surface area contributed by atoms with Gasteiger partial charge in [-0.2, -0.15) is 4.33 Å². The monoisotopic (exact) mass is 236 g/mol. The third-order valence-corrected chi connectivity index (χ3v) is 6.21. The van der Waals surface area contributed by atoms with Crippen molar-refractivity contribution in [2.24, 2.45) is 17.8 Å². The molecule has 0 amide bonds. The second-order valence-corrected chi connectivity index (χ2v) is 8.80. The average molecular weight is 236 g/mol. The molecule has 0 saturated heterocycles. The Hall–Kier alpha value is 0.270. The fourth-order valence-corrected chi connectivity index (χ4v) is 6.35. The van der Waals surface area contributed by atoms with Crippen molar-refractivity contribution in [2.45, 2.75) is 41.5 Å². The van der Waals surface area contributed by atoms with Crippen LogP contribution >= 0.6 is 10.3 Å². The highest BCUT2D eigenvalue weighted by Crippen LogP contribution is 2.52. The summed E-state index contributed by atoms with van der Waals surface area (Å²) in [5, 5.41) is 9.26. The summed E-state index contributed by atoms with van der Waals surface area (Å²) in [5.74, 6) is 4.80. The molecule has 0 heterocycles. The molecule has 0 unspecified atom stereocenters. The Morgan fingerprint density at radius 1 is 0.800 bits per heavy atom. The molecule has 1 N–H and O–H groups in total. The van der Waals surface area contributed by atoms with Gasteiger partial charge in [-0.3, -0.25) is 0 Å². The van der Waals surface area contributed by atoms with Gasteiger partial charge in [0, 0.05) is 17.3 Å². The predicted molar refractivity (Wildman–Crippen MR) is 70.4 cm³/mol. The Morgan fingerprint density at radius 3 is 1.20 bits per heavy atom. The van der Waals surface area contributed by atoms with E-state index in [0.29, 0.717) is 17.8 Å². The van der Waals surface area contributed by atoms with Crippen molar-refractivity contribution in [3.05, 3.63) is 0 Å². The maximum Gasteiger partial charge on any atom is 0.00415 e. The molecule has 15 heavy (non-hydrogen) atoms. The van der Waals surface area contributed by atoms with Crippen LogP contribution in [-0.2, 0) is 4.33 Å². The van der Waals surface area contributed by atoms with Crippen LogP contribution in [0.2, 0.25) is 0 Å². The second kappa shape index (κ2) is 6.77. The van der Waals surface area contributed by atoms with Gasteiger partial charge in [0.25, 0.3) is 0 Å². The molecular formula is C12H28O2S. The predicted octanol–water partition coefficient (Wildman–Crippen LogP) is 4.16. The summed E-state index contributed by atoms with van der Waals surface area (Å²) in [4.78, 5) is 0. The van der Waals surface area contributed by atoms with Crippen LogP contribution in [-0.4, -0.2) is 22.5 Å². The van der Waals surface area contributed by atoms with Gasteiger partial charge < -0.3 is 0 Å². The van der Waals surface area contributed by atoms with E-state index in [-0.39, 0.29) is 0 Å². The van der Waals surface area contributed by atoms with Gasteiger partial charge in [0.2, 0.25) is 0 Å². The largest absolute Gasteiger partial charge is 0.241 e. The van der Waals surface area contributed by atoms with Crippen molar-refractivity contribution in [3.63, 3.8) is 0 Å². The van der Waals surface area contributed by atoms with Gasteiger partial charge >= 0.3 is 0 Å². The zero-order chi connectivity index (χ0) is 12.1. The van der Waals surface area contributed by atoms with E-state index in [4.69, 9.17) is 4.33 Å². The molecule has 0 aromatic rings. The molecule has 0 aromatic heterocycles. The molecule has 0 aromatic carbocycles. The Morgan fingerprint density at radius 2 is 1.07 bits per heavy atom. The number of rotatable bonds is 7. The smallest absolute Gasteiger partial charge is 0.00415 e. The van der Waals surface area contributed by atoms with Gasteiger partial charge in [0.1, 0.15) is 0 Å². The molecule has 94 valence electrons.